The smallest absolute Gasteiger partial charge is 0.258 e. The molecule has 0 fully saturated rings. The van der Waals surface area contributed by atoms with Crippen LogP contribution in [-0.4, -0.2) is 4.57 Å². The maximum atomic E-state index is 13.4. The maximum absolute atomic E-state index is 13.4. The Hall–Kier alpha value is -3.59. The van der Waals surface area contributed by atoms with E-state index in [1.807, 2.05) is 30.3 Å². The molecule has 1 atom stereocenters. The van der Waals surface area contributed by atoms with Gasteiger partial charge in [0.1, 0.15) is 23.2 Å². The molecule has 2 N–H and O–H groups in total. The minimum absolute atomic E-state index is 0.0484. The standard InChI is InChI=1S/C20H14FN3O2/c1-24-15-5-3-2-4-13(15)18-17(20(24)25)16(14(10-22)19(23)26-18)11-6-8-12(21)9-7-11/h2-9,16H,23H2,1H3. The molecule has 0 aliphatic carbocycles. The van der Waals surface area contributed by atoms with E-state index in [0.29, 0.717) is 22.4 Å². The van der Waals surface area contributed by atoms with Crippen molar-refractivity contribution in [1.82, 2.24) is 4.57 Å². The van der Waals surface area contributed by atoms with E-state index >= 15 is 0 Å². The summed E-state index contributed by atoms with van der Waals surface area (Å²) in [6, 6.07) is 15.0. The van der Waals surface area contributed by atoms with Crippen molar-refractivity contribution in [3.63, 3.8) is 0 Å². The molecule has 128 valence electrons. The van der Waals surface area contributed by atoms with Crippen LogP contribution in [0.1, 0.15) is 17.0 Å². The summed E-state index contributed by atoms with van der Waals surface area (Å²) in [6.45, 7) is 0. The van der Waals surface area contributed by atoms with Crippen molar-refractivity contribution in [3.8, 4) is 11.8 Å². The predicted octanol–water partition coefficient (Wildman–Crippen LogP) is 2.90. The molecule has 1 aromatic heterocycles. The first kappa shape index (κ1) is 15.9. The molecule has 0 bridgehead atoms. The van der Waals surface area contributed by atoms with Crippen LogP contribution in [0.4, 0.5) is 4.39 Å². The van der Waals surface area contributed by atoms with Gasteiger partial charge < -0.3 is 15.0 Å². The Bertz CT molecular complexity index is 1170. The number of aryl methyl sites for hydroxylation is 1. The summed E-state index contributed by atoms with van der Waals surface area (Å²) in [5.74, 6) is -0.821. The second kappa shape index (κ2) is 5.74. The largest absolute Gasteiger partial charge is 0.439 e. The molecule has 26 heavy (non-hydrogen) atoms. The molecule has 0 saturated carbocycles. The monoisotopic (exact) mass is 347 g/mol. The first-order valence-corrected chi connectivity index (χ1v) is 7.97. The maximum Gasteiger partial charge on any atom is 0.258 e. The van der Waals surface area contributed by atoms with E-state index in [4.69, 9.17) is 10.5 Å². The molecule has 0 radical (unpaired) electrons. The minimum atomic E-state index is -0.715. The van der Waals surface area contributed by atoms with Gasteiger partial charge in [-0.3, -0.25) is 4.79 Å². The van der Waals surface area contributed by atoms with Gasteiger partial charge in [-0.05, 0) is 29.8 Å². The Morgan fingerprint density at radius 3 is 2.58 bits per heavy atom. The van der Waals surface area contributed by atoms with Gasteiger partial charge in [0.2, 0.25) is 5.88 Å². The summed E-state index contributed by atoms with van der Waals surface area (Å²) in [5.41, 5.74) is 7.46. The molecule has 0 spiro atoms. The number of nitrogens with two attached hydrogens (primary N) is 1. The van der Waals surface area contributed by atoms with Gasteiger partial charge in [-0.1, -0.05) is 24.3 Å². The first-order chi connectivity index (χ1) is 12.5. The van der Waals surface area contributed by atoms with E-state index in [-0.39, 0.29) is 17.0 Å². The summed E-state index contributed by atoms with van der Waals surface area (Å²) >= 11 is 0. The van der Waals surface area contributed by atoms with E-state index in [0.717, 1.165) is 5.39 Å². The predicted molar refractivity (Wildman–Crippen MR) is 94.9 cm³/mol. The molecule has 0 amide bonds. The fourth-order valence-corrected chi connectivity index (χ4v) is 3.41. The number of benzene rings is 2. The molecule has 1 aliphatic heterocycles. The zero-order valence-electron chi connectivity index (χ0n) is 13.9. The normalized spacial score (nSPS) is 16.1. The lowest BCUT2D eigenvalue weighted by molar-refractivity contribution is 0.396. The second-order valence-electron chi connectivity index (χ2n) is 6.10. The van der Waals surface area contributed by atoms with Gasteiger partial charge in [0.05, 0.1) is 17.0 Å². The highest BCUT2D eigenvalue weighted by Gasteiger charge is 2.35. The van der Waals surface area contributed by atoms with Gasteiger partial charge in [-0.2, -0.15) is 5.26 Å². The molecular formula is C20H14FN3O2. The number of aromatic nitrogens is 1. The van der Waals surface area contributed by atoms with Crippen LogP contribution in [-0.2, 0) is 7.05 Å². The number of nitrogens with zero attached hydrogens (tertiary/aromatic N) is 2. The molecule has 2 heterocycles. The summed E-state index contributed by atoms with van der Waals surface area (Å²) in [4.78, 5) is 13.1. The van der Waals surface area contributed by atoms with Crippen molar-refractivity contribution in [1.29, 1.82) is 5.26 Å². The Kier molecular flexibility index (Phi) is 3.51. The molecule has 3 aromatic rings. The van der Waals surface area contributed by atoms with Gasteiger partial charge in [0, 0.05) is 12.4 Å². The topological polar surface area (TPSA) is 81.0 Å². The molecule has 1 unspecified atom stereocenters. The number of fused-ring (bicyclic) bond motifs is 3. The number of halogens is 1. The third-order valence-corrected chi connectivity index (χ3v) is 4.67. The number of para-hydroxylation sites is 1. The average Bonchev–Trinajstić information content (AvgIpc) is 2.66. The van der Waals surface area contributed by atoms with E-state index in [1.54, 1.807) is 19.2 Å². The minimum Gasteiger partial charge on any atom is -0.439 e. The van der Waals surface area contributed by atoms with Crippen LogP contribution in [0.5, 0.6) is 5.75 Å². The SMILES string of the molecule is Cn1c(=O)c2c(c3ccccc31)OC(N)=C(C#N)C2c1ccc(F)cc1. The summed E-state index contributed by atoms with van der Waals surface area (Å²) in [6.07, 6.45) is 0. The Morgan fingerprint density at radius 2 is 1.88 bits per heavy atom. The summed E-state index contributed by atoms with van der Waals surface area (Å²) in [7, 11) is 1.67. The van der Waals surface area contributed by atoms with E-state index in [2.05, 4.69) is 0 Å². The highest BCUT2D eigenvalue weighted by Crippen LogP contribution is 2.43. The molecule has 0 saturated heterocycles. The molecule has 4 rings (SSSR count). The van der Waals surface area contributed by atoms with Crippen LogP contribution in [0.2, 0.25) is 0 Å². The van der Waals surface area contributed by atoms with E-state index in [9.17, 15) is 14.4 Å². The van der Waals surface area contributed by atoms with Gasteiger partial charge in [0.15, 0.2) is 0 Å². The highest BCUT2D eigenvalue weighted by molar-refractivity contribution is 5.88. The zero-order chi connectivity index (χ0) is 18.4. The Balaban J connectivity index is 2.12. The number of ether oxygens (including phenoxy) is 1. The number of allylic oxidation sites excluding steroid dienone is 1. The van der Waals surface area contributed by atoms with Crippen LogP contribution >= 0.6 is 0 Å². The number of hydrogen-bond acceptors (Lipinski definition) is 4. The Morgan fingerprint density at radius 1 is 1.19 bits per heavy atom. The fourth-order valence-electron chi connectivity index (χ4n) is 3.41. The van der Waals surface area contributed by atoms with Gasteiger partial charge in [-0.25, -0.2) is 4.39 Å². The second-order valence-corrected chi connectivity index (χ2v) is 6.10. The average molecular weight is 347 g/mol. The van der Waals surface area contributed by atoms with Crippen molar-refractivity contribution in [3.05, 3.63) is 87.3 Å². The van der Waals surface area contributed by atoms with Crippen LogP contribution in [0, 0.1) is 17.1 Å². The number of hydrogen-bond donors (Lipinski definition) is 1. The van der Waals surface area contributed by atoms with Crippen LogP contribution in [0.3, 0.4) is 0 Å². The van der Waals surface area contributed by atoms with Crippen molar-refractivity contribution in [2.24, 2.45) is 12.8 Å². The molecule has 6 heteroatoms. The van der Waals surface area contributed by atoms with Crippen molar-refractivity contribution < 1.29 is 9.13 Å². The van der Waals surface area contributed by atoms with Gasteiger partial charge in [-0.15, -0.1) is 0 Å². The lowest BCUT2D eigenvalue weighted by Gasteiger charge is -2.27. The number of rotatable bonds is 1. The third kappa shape index (κ3) is 2.18. The first-order valence-electron chi connectivity index (χ1n) is 7.97. The Labute approximate surface area is 148 Å². The van der Waals surface area contributed by atoms with Gasteiger partial charge in [0.25, 0.3) is 5.56 Å². The summed E-state index contributed by atoms with van der Waals surface area (Å²) in [5, 5.41) is 10.3. The number of pyridine rings is 1. The highest BCUT2D eigenvalue weighted by atomic mass is 19.1. The quantitative estimate of drug-likeness (QED) is 0.734. The molecular weight excluding hydrogens is 333 g/mol. The molecule has 5 nitrogen and oxygen atoms in total. The van der Waals surface area contributed by atoms with Gasteiger partial charge >= 0.3 is 0 Å². The summed E-state index contributed by atoms with van der Waals surface area (Å²) < 4.78 is 20.6. The molecule has 1 aliphatic rings. The van der Waals surface area contributed by atoms with Crippen molar-refractivity contribution in [2.45, 2.75) is 5.92 Å². The lowest BCUT2D eigenvalue weighted by atomic mass is 9.83. The fraction of sp³-hybridized carbons (Fsp3) is 0.100. The van der Waals surface area contributed by atoms with Crippen LogP contribution < -0.4 is 16.0 Å². The molecule has 2 aromatic carbocycles. The lowest BCUT2D eigenvalue weighted by Crippen LogP contribution is -2.31. The zero-order valence-corrected chi connectivity index (χ0v) is 13.9. The third-order valence-electron chi connectivity index (χ3n) is 4.67. The van der Waals surface area contributed by atoms with Crippen molar-refractivity contribution in [2.75, 3.05) is 0 Å². The van der Waals surface area contributed by atoms with Crippen molar-refractivity contribution >= 4 is 10.9 Å². The van der Waals surface area contributed by atoms with Crippen LogP contribution in [0.15, 0.2) is 64.8 Å². The van der Waals surface area contributed by atoms with E-state index < -0.39 is 11.7 Å². The number of nitriles is 1. The van der Waals surface area contributed by atoms with E-state index in [1.165, 1.54) is 16.7 Å². The van der Waals surface area contributed by atoms with Crippen LogP contribution in [0.25, 0.3) is 10.9 Å².